The molecule has 1 heterocycles. The fourth-order valence-electron chi connectivity index (χ4n) is 2.21. The van der Waals surface area contributed by atoms with Gasteiger partial charge in [0, 0.05) is 14.9 Å². The van der Waals surface area contributed by atoms with Gasteiger partial charge in [-0.2, -0.15) is 0 Å². The molecule has 2 aromatic rings. The second-order valence-corrected chi connectivity index (χ2v) is 6.58. The highest BCUT2D eigenvalue weighted by Gasteiger charge is 2.22. The summed E-state index contributed by atoms with van der Waals surface area (Å²) in [7, 11) is 0. The van der Waals surface area contributed by atoms with E-state index in [1.165, 1.54) is 16.9 Å². The van der Waals surface area contributed by atoms with Gasteiger partial charge in [-0.05, 0) is 38.0 Å². The van der Waals surface area contributed by atoms with Gasteiger partial charge in [-0.25, -0.2) is 4.79 Å². The van der Waals surface area contributed by atoms with E-state index in [2.05, 4.69) is 22.0 Å². The summed E-state index contributed by atoms with van der Waals surface area (Å²) < 4.78 is 6.09. The Morgan fingerprint density at radius 1 is 1.38 bits per heavy atom. The average molecular weight is 368 g/mol. The van der Waals surface area contributed by atoms with Gasteiger partial charge in [0.1, 0.15) is 4.88 Å². The topological polar surface area (TPSA) is 52.3 Å². The number of halogens is 1. The van der Waals surface area contributed by atoms with Crippen molar-refractivity contribution >= 4 is 38.9 Å². The van der Waals surface area contributed by atoms with E-state index in [0.29, 0.717) is 17.2 Å². The van der Waals surface area contributed by atoms with E-state index < -0.39 is 0 Å². The molecule has 0 unspecified atom stereocenters. The number of benzene rings is 1. The quantitative estimate of drug-likeness (QED) is 0.788. The summed E-state index contributed by atoms with van der Waals surface area (Å²) in [6, 6.07) is 6.16. The zero-order chi connectivity index (χ0) is 15.6. The molecule has 2 rings (SSSR count). The molecule has 3 nitrogen and oxygen atoms in total. The molecular formula is C16H18BrNO2S. The van der Waals surface area contributed by atoms with Crippen LogP contribution in [-0.2, 0) is 11.2 Å². The fraction of sp³-hybridized carbons (Fsp3) is 0.312. The first-order valence-electron chi connectivity index (χ1n) is 6.84. The third-order valence-corrected chi connectivity index (χ3v) is 5.18. The average Bonchev–Trinajstić information content (AvgIpc) is 2.78. The van der Waals surface area contributed by atoms with Crippen molar-refractivity contribution in [3.05, 3.63) is 38.7 Å². The SMILES string of the molecule is CCOC(=O)c1sc(-c2cc(C)ccc2Br)c(CC)c1N. The first kappa shape index (κ1) is 16.0. The molecule has 0 atom stereocenters. The summed E-state index contributed by atoms with van der Waals surface area (Å²) in [5.74, 6) is -0.343. The molecule has 0 saturated carbocycles. The standard InChI is InChI=1S/C16H18BrNO2S/c1-4-10-13(18)15(16(19)20-5-2)21-14(10)11-8-9(3)6-7-12(11)17/h6-8H,4-5,18H2,1-3H3. The molecule has 0 aliphatic rings. The van der Waals surface area contributed by atoms with Gasteiger partial charge in [0.15, 0.2) is 0 Å². The molecule has 2 N–H and O–H groups in total. The van der Waals surface area contributed by atoms with Crippen LogP contribution in [0.3, 0.4) is 0 Å². The van der Waals surface area contributed by atoms with E-state index in [1.54, 1.807) is 6.92 Å². The van der Waals surface area contributed by atoms with E-state index in [-0.39, 0.29) is 5.97 Å². The van der Waals surface area contributed by atoms with E-state index in [1.807, 2.05) is 26.0 Å². The number of carbonyl (C=O) groups is 1. The number of ether oxygens (including phenoxy) is 1. The van der Waals surface area contributed by atoms with Crippen LogP contribution in [0.15, 0.2) is 22.7 Å². The third-order valence-electron chi connectivity index (χ3n) is 3.23. The molecular weight excluding hydrogens is 350 g/mol. The van der Waals surface area contributed by atoms with Gasteiger partial charge >= 0.3 is 5.97 Å². The van der Waals surface area contributed by atoms with Crippen LogP contribution >= 0.6 is 27.3 Å². The number of carbonyl (C=O) groups excluding carboxylic acids is 1. The van der Waals surface area contributed by atoms with Crippen molar-refractivity contribution in [1.82, 2.24) is 0 Å². The van der Waals surface area contributed by atoms with E-state index in [0.717, 1.165) is 26.9 Å². The van der Waals surface area contributed by atoms with Crippen molar-refractivity contribution in [2.24, 2.45) is 0 Å². The molecule has 0 aliphatic carbocycles. The van der Waals surface area contributed by atoms with E-state index in [4.69, 9.17) is 10.5 Å². The molecule has 0 saturated heterocycles. The number of rotatable bonds is 4. The lowest BCUT2D eigenvalue weighted by atomic mass is 10.0. The van der Waals surface area contributed by atoms with Crippen LogP contribution in [0, 0.1) is 6.92 Å². The second-order valence-electron chi connectivity index (χ2n) is 4.71. The Morgan fingerprint density at radius 3 is 2.71 bits per heavy atom. The molecule has 0 fully saturated rings. The summed E-state index contributed by atoms with van der Waals surface area (Å²) in [6.45, 7) is 6.23. The molecule has 0 bridgehead atoms. The number of aryl methyl sites for hydroxylation is 1. The van der Waals surface area contributed by atoms with Crippen LogP contribution in [0.4, 0.5) is 5.69 Å². The van der Waals surface area contributed by atoms with Gasteiger partial charge < -0.3 is 10.5 Å². The molecule has 1 aromatic heterocycles. The Morgan fingerprint density at radius 2 is 2.10 bits per heavy atom. The first-order chi connectivity index (χ1) is 9.99. The molecule has 0 aliphatic heterocycles. The maximum Gasteiger partial charge on any atom is 0.350 e. The number of hydrogen-bond acceptors (Lipinski definition) is 4. The lowest BCUT2D eigenvalue weighted by Crippen LogP contribution is -2.05. The molecule has 112 valence electrons. The molecule has 0 amide bonds. The maximum absolute atomic E-state index is 12.0. The Balaban J connectivity index is 2.61. The number of hydrogen-bond donors (Lipinski definition) is 1. The lowest BCUT2D eigenvalue weighted by molar-refractivity contribution is 0.0533. The highest BCUT2D eigenvalue weighted by Crippen LogP contribution is 2.42. The number of anilines is 1. The fourth-order valence-corrected chi connectivity index (χ4v) is 4.02. The zero-order valence-electron chi connectivity index (χ0n) is 12.3. The van der Waals surface area contributed by atoms with Crippen molar-refractivity contribution in [1.29, 1.82) is 0 Å². The van der Waals surface area contributed by atoms with Gasteiger partial charge in [0.05, 0.1) is 12.3 Å². The van der Waals surface area contributed by atoms with Crippen LogP contribution in [0.2, 0.25) is 0 Å². The minimum atomic E-state index is -0.343. The summed E-state index contributed by atoms with van der Waals surface area (Å²) >= 11 is 4.99. The van der Waals surface area contributed by atoms with Crippen LogP contribution in [0.25, 0.3) is 10.4 Å². The molecule has 5 heteroatoms. The normalized spacial score (nSPS) is 10.7. The number of nitrogen functional groups attached to an aromatic ring is 1. The monoisotopic (exact) mass is 367 g/mol. The second kappa shape index (κ2) is 6.62. The predicted octanol–water partition coefficient (Wildman–Crippen LogP) is 4.81. The Bertz CT molecular complexity index is 679. The summed E-state index contributed by atoms with van der Waals surface area (Å²) in [6.07, 6.45) is 0.775. The Hall–Kier alpha value is -1.33. The van der Waals surface area contributed by atoms with Gasteiger partial charge in [-0.3, -0.25) is 0 Å². The summed E-state index contributed by atoms with van der Waals surface area (Å²) in [5, 5.41) is 0. The van der Waals surface area contributed by atoms with Gasteiger partial charge in [-0.1, -0.05) is 34.5 Å². The van der Waals surface area contributed by atoms with Crippen molar-refractivity contribution < 1.29 is 9.53 Å². The van der Waals surface area contributed by atoms with Crippen molar-refractivity contribution in [2.75, 3.05) is 12.3 Å². The Kier molecular flexibility index (Phi) is 5.06. The largest absolute Gasteiger partial charge is 0.462 e. The molecule has 1 aromatic carbocycles. The molecule has 0 spiro atoms. The van der Waals surface area contributed by atoms with Gasteiger partial charge in [0.2, 0.25) is 0 Å². The molecule has 0 radical (unpaired) electrons. The van der Waals surface area contributed by atoms with E-state index >= 15 is 0 Å². The van der Waals surface area contributed by atoms with Crippen molar-refractivity contribution in [3.8, 4) is 10.4 Å². The highest BCUT2D eigenvalue weighted by molar-refractivity contribution is 9.10. The molecule has 21 heavy (non-hydrogen) atoms. The van der Waals surface area contributed by atoms with Crippen LogP contribution < -0.4 is 5.73 Å². The van der Waals surface area contributed by atoms with Crippen molar-refractivity contribution in [2.45, 2.75) is 27.2 Å². The van der Waals surface area contributed by atoms with Crippen LogP contribution in [0.5, 0.6) is 0 Å². The first-order valence-corrected chi connectivity index (χ1v) is 8.45. The number of nitrogens with two attached hydrogens (primary N) is 1. The highest BCUT2D eigenvalue weighted by atomic mass is 79.9. The number of thiophene rings is 1. The summed E-state index contributed by atoms with van der Waals surface area (Å²) in [5.41, 5.74) is 9.96. The smallest absolute Gasteiger partial charge is 0.350 e. The number of esters is 1. The Labute approximate surface area is 137 Å². The van der Waals surface area contributed by atoms with Crippen LogP contribution in [-0.4, -0.2) is 12.6 Å². The predicted molar refractivity (Wildman–Crippen MR) is 91.9 cm³/mol. The van der Waals surface area contributed by atoms with Crippen molar-refractivity contribution in [3.63, 3.8) is 0 Å². The zero-order valence-corrected chi connectivity index (χ0v) is 14.7. The van der Waals surface area contributed by atoms with Gasteiger partial charge in [-0.15, -0.1) is 11.3 Å². The maximum atomic E-state index is 12.0. The minimum Gasteiger partial charge on any atom is -0.462 e. The van der Waals surface area contributed by atoms with Crippen LogP contribution in [0.1, 0.15) is 34.6 Å². The third kappa shape index (κ3) is 3.14. The summed E-state index contributed by atoms with van der Waals surface area (Å²) in [4.78, 5) is 13.6. The minimum absolute atomic E-state index is 0.343. The lowest BCUT2D eigenvalue weighted by Gasteiger charge is -2.06. The van der Waals surface area contributed by atoms with E-state index in [9.17, 15) is 4.79 Å². The van der Waals surface area contributed by atoms with Gasteiger partial charge in [0.25, 0.3) is 0 Å².